The molecule has 1 aromatic heterocycles. The van der Waals surface area contributed by atoms with E-state index in [1.807, 2.05) is 81.7 Å². The summed E-state index contributed by atoms with van der Waals surface area (Å²) >= 11 is 3.49. The molecule has 1 aromatic carbocycles. The Morgan fingerprint density at radius 3 is 2.35 bits per heavy atom. The van der Waals surface area contributed by atoms with Crippen LogP contribution in [0.25, 0.3) is 0 Å². The molecule has 6 rings (SSSR count). The molecule has 2 unspecified atom stereocenters. The first-order valence-corrected chi connectivity index (χ1v) is 26.0. The van der Waals surface area contributed by atoms with Crippen LogP contribution < -0.4 is 0 Å². The van der Waals surface area contributed by atoms with Crippen molar-refractivity contribution in [2.24, 2.45) is 28.8 Å². The number of nitrogens with zero attached hydrogens (tertiary/aromatic N) is 6. The van der Waals surface area contributed by atoms with Crippen molar-refractivity contribution < 1.29 is 53.7 Å². The van der Waals surface area contributed by atoms with Gasteiger partial charge in [-0.2, -0.15) is 0 Å². The highest BCUT2D eigenvalue weighted by Crippen LogP contribution is 2.45. The van der Waals surface area contributed by atoms with Gasteiger partial charge in [-0.25, -0.2) is 4.68 Å². The van der Waals surface area contributed by atoms with Gasteiger partial charge in [-0.3, -0.25) is 4.79 Å². The van der Waals surface area contributed by atoms with E-state index in [1.54, 1.807) is 27.9 Å². The number of methoxy groups -OCH3 is 1. The SMILES string of the molecule is CC[C@H]1OC(=O)[C@H](C)[C@@H](C2C[C@@](C)(OC)[C@@H](O)[C@H](C)O2)[C@H](C)[C@@H](O[C@H]2C[C@@H](N(C)CCc3cn(C[C@H]4CC(c5ccc(Br)cc5)=NO4)nn3)C[C@@H](C)O2)[C@](C)(O)C[C@@H](C)CN(C)[C@H](C)[C@@H](O)C1(C)O. The molecule has 2 aromatic rings. The van der Waals surface area contributed by atoms with Crippen molar-refractivity contribution in [1.82, 2.24) is 24.8 Å². The summed E-state index contributed by atoms with van der Waals surface area (Å²) < 4.78 is 35.4. The molecule has 3 saturated heterocycles. The fourth-order valence-electron chi connectivity index (χ4n) is 11.7. The molecule has 4 aliphatic rings. The molecule has 0 amide bonds. The molecule has 390 valence electrons. The number of oxime groups is 1. The number of rotatable bonds is 12. The summed E-state index contributed by atoms with van der Waals surface area (Å²) in [5.74, 6) is -2.71. The molecule has 0 aliphatic carbocycles. The lowest BCUT2D eigenvalue weighted by Crippen LogP contribution is -2.61. The van der Waals surface area contributed by atoms with E-state index in [4.69, 9.17) is 28.5 Å². The first kappa shape index (κ1) is 55.7. The normalized spacial score (nSPS) is 41.2. The quantitative estimate of drug-likeness (QED) is 0.198. The van der Waals surface area contributed by atoms with Crippen LogP contribution in [0.4, 0.5) is 0 Å². The number of cyclic esters (lactones) is 1. The van der Waals surface area contributed by atoms with Crippen LogP contribution in [0.15, 0.2) is 40.1 Å². The zero-order valence-electron chi connectivity index (χ0n) is 43.3. The number of aromatic nitrogens is 3. The van der Waals surface area contributed by atoms with Crippen LogP contribution in [-0.4, -0.2) is 175 Å². The first-order valence-electron chi connectivity index (χ1n) is 25.2. The minimum absolute atomic E-state index is 0.0766. The fourth-order valence-corrected chi connectivity index (χ4v) is 12.0. The van der Waals surface area contributed by atoms with Gasteiger partial charge in [0, 0.05) is 74.6 Å². The smallest absolute Gasteiger partial charge is 0.309 e. The van der Waals surface area contributed by atoms with Crippen molar-refractivity contribution in [2.75, 3.05) is 34.3 Å². The number of hydrogen-bond acceptors (Lipinski definition) is 16. The van der Waals surface area contributed by atoms with Crippen molar-refractivity contribution >= 4 is 27.6 Å². The van der Waals surface area contributed by atoms with E-state index in [1.165, 1.54) is 6.92 Å². The molecule has 0 spiro atoms. The van der Waals surface area contributed by atoms with Crippen LogP contribution in [0, 0.1) is 23.7 Å². The Hall–Kier alpha value is -2.62. The lowest BCUT2D eigenvalue weighted by atomic mass is 9.68. The van der Waals surface area contributed by atoms with Gasteiger partial charge in [-0.05, 0) is 104 Å². The third kappa shape index (κ3) is 13.1. The van der Waals surface area contributed by atoms with Crippen LogP contribution in [0.5, 0.6) is 0 Å². The molecule has 4 aliphatic heterocycles. The van der Waals surface area contributed by atoms with Gasteiger partial charge in [-0.15, -0.1) is 5.10 Å². The minimum Gasteiger partial charge on any atom is -0.459 e. The molecule has 18 heteroatoms. The van der Waals surface area contributed by atoms with Gasteiger partial charge < -0.3 is 58.7 Å². The van der Waals surface area contributed by atoms with Crippen molar-refractivity contribution in [3.05, 3.63) is 46.2 Å². The summed E-state index contributed by atoms with van der Waals surface area (Å²) in [4.78, 5) is 24.7. The molecule has 0 saturated carbocycles. The highest BCUT2D eigenvalue weighted by Gasteiger charge is 2.54. The predicted octanol–water partition coefficient (Wildman–Crippen LogP) is 5.36. The fraction of sp³-hybridized carbons (Fsp3) is 0.804. The zero-order chi connectivity index (χ0) is 50.7. The van der Waals surface area contributed by atoms with Gasteiger partial charge in [0.25, 0.3) is 0 Å². The van der Waals surface area contributed by atoms with Crippen LogP contribution in [0.1, 0.15) is 119 Å². The number of benzene rings is 1. The molecule has 5 heterocycles. The summed E-state index contributed by atoms with van der Waals surface area (Å²) in [6.45, 7) is 20.2. The van der Waals surface area contributed by atoms with E-state index in [0.29, 0.717) is 45.3 Å². The molecule has 17 nitrogen and oxygen atoms in total. The summed E-state index contributed by atoms with van der Waals surface area (Å²) in [6.07, 6.45) is -0.952. The maximum Gasteiger partial charge on any atom is 0.309 e. The molecule has 3 fully saturated rings. The summed E-state index contributed by atoms with van der Waals surface area (Å²) in [5.41, 5.74) is -1.43. The topological polar surface area (TPSA) is 203 Å². The third-order valence-electron chi connectivity index (χ3n) is 16.0. The van der Waals surface area contributed by atoms with Crippen molar-refractivity contribution in [3.63, 3.8) is 0 Å². The average molecular weight is 1040 g/mol. The van der Waals surface area contributed by atoms with Gasteiger partial charge in [-0.1, -0.05) is 66.1 Å². The first-order chi connectivity index (χ1) is 32.4. The van der Waals surface area contributed by atoms with Crippen LogP contribution in [-0.2, 0) is 46.3 Å². The second kappa shape index (κ2) is 23.1. The van der Waals surface area contributed by atoms with Crippen LogP contribution in [0.3, 0.4) is 0 Å². The van der Waals surface area contributed by atoms with Crippen molar-refractivity contribution in [2.45, 2.75) is 205 Å². The lowest BCUT2D eigenvalue weighted by Gasteiger charge is -2.51. The minimum atomic E-state index is -1.78. The van der Waals surface area contributed by atoms with Gasteiger partial charge in [0.05, 0.1) is 59.5 Å². The second-order valence-electron chi connectivity index (χ2n) is 21.8. The van der Waals surface area contributed by atoms with Crippen molar-refractivity contribution in [3.8, 4) is 0 Å². The van der Waals surface area contributed by atoms with Gasteiger partial charge in [0.1, 0.15) is 23.9 Å². The molecule has 4 N–H and O–H groups in total. The number of halogens is 1. The van der Waals surface area contributed by atoms with E-state index in [0.717, 1.165) is 27.9 Å². The highest BCUT2D eigenvalue weighted by molar-refractivity contribution is 9.10. The molecular weight excluding hydrogens is 952 g/mol. The highest BCUT2D eigenvalue weighted by atomic mass is 79.9. The monoisotopic (exact) mass is 1030 g/mol. The predicted molar refractivity (Wildman–Crippen MR) is 264 cm³/mol. The molecule has 69 heavy (non-hydrogen) atoms. The second-order valence-corrected chi connectivity index (χ2v) is 22.7. The van der Waals surface area contributed by atoms with E-state index >= 15 is 0 Å². The summed E-state index contributed by atoms with van der Waals surface area (Å²) in [6, 6.07) is 7.60. The largest absolute Gasteiger partial charge is 0.459 e. The average Bonchev–Trinajstić information content (AvgIpc) is 3.96. The third-order valence-corrected chi connectivity index (χ3v) is 16.5. The molecule has 18 atom stereocenters. The Kier molecular flexibility index (Phi) is 18.6. The number of esters is 1. The van der Waals surface area contributed by atoms with Crippen molar-refractivity contribution in [1.29, 1.82) is 0 Å². The Morgan fingerprint density at radius 2 is 1.68 bits per heavy atom. The zero-order valence-corrected chi connectivity index (χ0v) is 44.9. The van der Waals surface area contributed by atoms with E-state index in [2.05, 4.69) is 50.3 Å². The number of hydrogen-bond donors (Lipinski definition) is 4. The number of carbonyl (C=O) groups is 1. The number of aliphatic hydroxyl groups excluding tert-OH is 2. The summed E-state index contributed by atoms with van der Waals surface area (Å²) in [5, 5.41) is 61.0. The Morgan fingerprint density at radius 1 is 0.986 bits per heavy atom. The molecule has 0 bridgehead atoms. The van der Waals surface area contributed by atoms with Crippen LogP contribution >= 0.6 is 15.9 Å². The van der Waals surface area contributed by atoms with Gasteiger partial charge in [0.2, 0.25) is 0 Å². The Labute approximate surface area is 418 Å². The number of carbonyl (C=O) groups excluding carboxylic acids is 1. The summed E-state index contributed by atoms with van der Waals surface area (Å²) in [7, 11) is 5.55. The number of ether oxygens (including phenoxy) is 5. The standard InChI is InChI=1S/C51H83BrN6O11/c1-14-42-51(10,63)45(59)33(6)57(12)26-29(2)24-49(8,62)47(31(4)44(32(5)48(61)67-42)41-25-50(9,64-13)46(60)34(7)66-41)68-43-22-38(21-30(3)65-43)56(11)20-19-37-27-58(55-53-37)28-39-23-40(54-69-39)35-15-17-36(52)18-16-35/h15-18,27,29-34,38-39,41-47,59-60,62-63H,14,19-26,28H2,1-13H3/t29-,30-,31+,32-,33-,34+,38+,39-,41?,42-,43+,44+,45-,46+,47-,49-,50-,51?/m1/s1. The van der Waals surface area contributed by atoms with Gasteiger partial charge >= 0.3 is 5.97 Å². The number of aliphatic hydroxyl groups is 4. The van der Waals surface area contributed by atoms with E-state index in [9.17, 15) is 25.2 Å². The van der Waals surface area contributed by atoms with E-state index in [-0.39, 0.29) is 37.0 Å². The maximum absolute atomic E-state index is 14.6. The molecule has 0 radical (unpaired) electrons. The van der Waals surface area contributed by atoms with Gasteiger partial charge in [0.15, 0.2) is 12.4 Å². The molecular formula is C51H83BrN6O11. The van der Waals surface area contributed by atoms with E-state index < -0.39 is 89.5 Å². The Bertz CT molecular complexity index is 2010. The van der Waals surface area contributed by atoms with Crippen LogP contribution in [0.2, 0.25) is 0 Å². The maximum atomic E-state index is 14.6. The number of likely N-dealkylation sites (N-methyl/N-ethyl adjacent to an activating group) is 2. The lowest BCUT2D eigenvalue weighted by molar-refractivity contribution is -0.275. The Balaban J connectivity index is 1.22.